The van der Waals surface area contributed by atoms with Gasteiger partial charge in [0.2, 0.25) is 5.95 Å². The van der Waals surface area contributed by atoms with Gasteiger partial charge in [0.1, 0.15) is 5.82 Å². The van der Waals surface area contributed by atoms with Gasteiger partial charge < -0.3 is 20.1 Å². The predicted molar refractivity (Wildman–Crippen MR) is 123 cm³/mol. The molecule has 9 nitrogen and oxygen atoms in total. The lowest BCUT2D eigenvalue weighted by atomic mass is 9.83. The van der Waals surface area contributed by atoms with E-state index in [1.54, 1.807) is 12.3 Å². The first kappa shape index (κ1) is 20.7. The van der Waals surface area contributed by atoms with Crippen LogP contribution in [-0.4, -0.2) is 55.9 Å². The number of rotatable bonds is 6. The average Bonchev–Trinajstić information content (AvgIpc) is 3.20. The van der Waals surface area contributed by atoms with Gasteiger partial charge in [-0.3, -0.25) is 9.48 Å². The summed E-state index contributed by atoms with van der Waals surface area (Å²) in [5.74, 6) is 1.88. The normalized spacial score (nSPS) is 19.9. The third-order valence-corrected chi connectivity index (χ3v) is 6.61. The second-order valence-corrected chi connectivity index (χ2v) is 9.19. The Labute approximate surface area is 187 Å². The summed E-state index contributed by atoms with van der Waals surface area (Å²) in [5.41, 5.74) is 9.21. The van der Waals surface area contributed by atoms with Crippen molar-refractivity contribution in [3.8, 4) is 0 Å². The van der Waals surface area contributed by atoms with E-state index in [0.717, 1.165) is 50.3 Å². The van der Waals surface area contributed by atoms with Crippen molar-refractivity contribution < 1.29 is 0 Å². The van der Waals surface area contributed by atoms with Crippen LogP contribution in [0.5, 0.6) is 0 Å². The summed E-state index contributed by atoms with van der Waals surface area (Å²) in [6.45, 7) is 3.94. The highest BCUT2D eigenvalue weighted by molar-refractivity contribution is 5.40. The highest BCUT2D eigenvalue weighted by atomic mass is 16.1. The van der Waals surface area contributed by atoms with E-state index in [0.29, 0.717) is 30.1 Å². The van der Waals surface area contributed by atoms with Gasteiger partial charge in [-0.15, -0.1) is 0 Å². The van der Waals surface area contributed by atoms with E-state index in [4.69, 9.17) is 5.73 Å². The molecule has 2 bridgehead atoms. The van der Waals surface area contributed by atoms with Crippen molar-refractivity contribution >= 4 is 11.8 Å². The highest BCUT2D eigenvalue weighted by Gasteiger charge is 2.35. The van der Waals surface area contributed by atoms with Crippen LogP contribution >= 0.6 is 0 Å². The molecule has 3 aromatic rings. The molecular formula is C23H30N8O. The van der Waals surface area contributed by atoms with Crippen LogP contribution < -0.4 is 16.2 Å². The molecule has 5 heterocycles. The minimum atomic E-state index is 0.152. The Morgan fingerprint density at radius 3 is 2.88 bits per heavy atom. The molecule has 0 saturated carbocycles. The molecule has 1 saturated heterocycles. The molecule has 2 N–H and O–H groups in total. The largest absolute Gasteiger partial charge is 0.384 e. The second-order valence-electron chi connectivity index (χ2n) is 9.19. The van der Waals surface area contributed by atoms with Crippen LogP contribution in [0.1, 0.15) is 29.2 Å². The van der Waals surface area contributed by atoms with E-state index in [9.17, 15) is 4.79 Å². The van der Waals surface area contributed by atoms with Crippen LogP contribution in [0, 0.1) is 5.92 Å². The lowest BCUT2D eigenvalue weighted by Gasteiger charge is -2.43. The molecule has 3 aromatic heterocycles. The van der Waals surface area contributed by atoms with Gasteiger partial charge in [-0.25, -0.2) is 4.98 Å². The number of fused-ring (bicyclic) bond motifs is 4. The summed E-state index contributed by atoms with van der Waals surface area (Å²) >= 11 is 0. The first-order valence-corrected chi connectivity index (χ1v) is 11.2. The lowest BCUT2D eigenvalue weighted by molar-refractivity contribution is 0.276. The first-order chi connectivity index (χ1) is 15.5. The van der Waals surface area contributed by atoms with Gasteiger partial charge in [0.05, 0.1) is 6.20 Å². The zero-order chi connectivity index (χ0) is 22.2. The van der Waals surface area contributed by atoms with Crippen molar-refractivity contribution in [2.45, 2.75) is 31.8 Å². The fourth-order valence-corrected chi connectivity index (χ4v) is 5.08. The molecule has 168 valence electrons. The van der Waals surface area contributed by atoms with Gasteiger partial charge in [0, 0.05) is 69.3 Å². The monoisotopic (exact) mass is 434 g/mol. The Hall–Kier alpha value is -3.20. The van der Waals surface area contributed by atoms with Gasteiger partial charge in [-0.1, -0.05) is 6.07 Å². The Kier molecular flexibility index (Phi) is 5.42. The minimum absolute atomic E-state index is 0.152. The van der Waals surface area contributed by atoms with Crippen LogP contribution in [0.15, 0.2) is 41.6 Å². The molecule has 0 unspecified atom stereocenters. The van der Waals surface area contributed by atoms with Crippen LogP contribution in [0.2, 0.25) is 0 Å². The number of hydrogen-bond donors (Lipinski definition) is 1. The van der Waals surface area contributed by atoms with Crippen molar-refractivity contribution in [3.63, 3.8) is 0 Å². The molecule has 9 heteroatoms. The smallest absolute Gasteiger partial charge is 0.255 e. The van der Waals surface area contributed by atoms with E-state index in [-0.39, 0.29) is 5.56 Å². The average molecular weight is 435 g/mol. The minimum Gasteiger partial charge on any atom is -0.384 e. The highest BCUT2D eigenvalue weighted by Crippen LogP contribution is 2.36. The summed E-state index contributed by atoms with van der Waals surface area (Å²) in [5, 5.41) is 4.22. The topological polar surface area (TPSA) is 98.1 Å². The van der Waals surface area contributed by atoms with Gasteiger partial charge in [-0.05, 0) is 43.5 Å². The first-order valence-electron chi connectivity index (χ1n) is 11.2. The maximum Gasteiger partial charge on any atom is 0.255 e. The Morgan fingerprint density at radius 1 is 1.22 bits per heavy atom. The molecule has 0 amide bonds. The van der Waals surface area contributed by atoms with E-state index in [1.165, 1.54) is 5.56 Å². The van der Waals surface area contributed by atoms with E-state index < -0.39 is 0 Å². The summed E-state index contributed by atoms with van der Waals surface area (Å²) in [4.78, 5) is 26.5. The van der Waals surface area contributed by atoms with Crippen LogP contribution in [-0.2, 0) is 26.6 Å². The standard InChI is InChI=1S/C23H30N8O/c1-28(8-6-16-10-26-29(2)11-16)14-18-3-4-20-19-9-17(13-31(20)22(18)32)12-30(15-19)23-25-7-5-21(24)27-23/h3-5,7,10-11,17,19H,6,8-9,12-15H2,1-2H3,(H2,24,25,27)/t17-,19+/m0/s1. The number of likely N-dealkylation sites (N-methyl/N-ethyl adjacent to an activating group) is 1. The molecule has 2 atom stereocenters. The Balaban J connectivity index is 1.30. The number of aromatic nitrogens is 5. The SMILES string of the molecule is CN(CCc1cnn(C)c1)Cc1ccc2n(c1=O)C[C@H]1C[C@@H]2CN(c2nccc(N)n2)C1. The summed E-state index contributed by atoms with van der Waals surface area (Å²) in [7, 11) is 4.00. The zero-order valence-electron chi connectivity index (χ0n) is 18.7. The molecule has 0 aromatic carbocycles. The van der Waals surface area contributed by atoms with Gasteiger partial charge >= 0.3 is 0 Å². The molecule has 0 radical (unpaired) electrons. The fourth-order valence-electron chi connectivity index (χ4n) is 5.08. The van der Waals surface area contributed by atoms with E-state index >= 15 is 0 Å². The predicted octanol–water partition coefficient (Wildman–Crippen LogP) is 1.25. The number of aryl methyl sites for hydroxylation is 1. The van der Waals surface area contributed by atoms with Crippen molar-refractivity contribution in [1.29, 1.82) is 0 Å². The van der Waals surface area contributed by atoms with E-state index in [1.807, 2.05) is 34.8 Å². The molecule has 32 heavy (non-hydrogen) atoms. The molecule has 5 rings (SSSR count). The number of pyridine rings is 1. The van der Waals surface area contributed by atoms with Crippen molar-refractivity contribution in [2.24, 2.45) is 13.0 Å². The maximum atomic E-state index is 13.3. The summed E-state index contributed by atoms with van der Waals surface area (Å²) < 4.78 is 3.84. The lowest BCUT2D eigenvalue weighted by Crippen LogP contribution is -2.48. The summed E-state index contributed by atoms with van der Waals surface area (Å²) in [6.07, 6.45) is 7.67. The van der Waals surface area contributed by atoms with Crippen LogP contribution in [0.4, 0.5) is 11.8 Å². The Morgan fingerprint density at radius 2 is 2.09 bits per heavy atom. The van der Waals surface area contributed by atoms with Crippen LogP contribution in [0.25, 0.3) is 0 Å². The molecule has 2 aliphatic heterocycles. The number of anilines is 2. The number of nitrogen functional groups attached to an aromatic ring is 1. The zero-order valence-corrected chi connectivity index (χ0v) is 18.7. The third-order valence-electron chi connectivity index (χ3n) is 6.61. The molecule has 1 fully saturated rings. The Bertz CT molecular complexity index is 1170. The van der Waals surface area contributed by atoms with Crippen molar-refractivity contribution in [3.05, 3.63) is 64.0 Å². The molecule has 0 spiro atoms. The molecule has 0 aliphatic carbocycles. The number of nitrogens with zero attached hydrogens (tertiary/aromatic N) is 7. The van der Waals surface area contributed by atoms with E-state index in [2.05, 4.69) is 38.0 Å². The maximum absolute atomic E-state index is 13.3. The van der Waals surface area contributed by atoms with Gasteiger partial charge in [-0.2, -0.15) is 10.1 Å². The number of piperidine rings is 1. The van der Waals surface area contributed by atoms with Gasteiger partial charge in [0.15, 0.2) is 0 Å². The third kappa shape index (κ3) is 4.12. The number of nitrogens with two attached hydrogens (primary N) is 1. The van der Waals surface area contributed by atoms with Crippen LogP contribution in [0.3, 0.4) is 0 Å². The quantitative estimate of drug-likeness (QED) is 0.623. The molecular weight excluding hydrogens is 404 g/mol. The van der Waals surface area contributed by atoms with Gasteiger partial charge in [0.25, 0.3) is 5.56 Å². The molecule has 2 aliphatic rings. The van der Waals surface area contributed by atoms with Crippen molar-refractivity contribution in [1.82, 2.24) is 29.2 Å². The summed E-state index contributed by atoms with van der Waals surface area (Å²) in [6, 6.07) is 5.87. The van der Waals surface area contributed by atoms with Crippen molar-refractivity contribution in [2.75, 3.05) is 37.3 Å². The number of hydrogen-bond acceptors (Lipinski definition) is 7. The fraction of sp³-hybridized carbons (Fsp3) is 0.478. The second kappa shape index (κ2) is 8.38.